The Hall–Kier alpha value is -1.71. The van der Waals surface area contributed by atoms with Crippen LogP contribution in [0.5, 0.6) is 0 Å². The average Bonchev–Trinajstić information content (AvgIpc) is 2.50. The highest BCUT2D eigenvalue weighted by molar-refractivity contribution is 5.17. The molecule has 2 rings (SSSR count). The number of aliphatic hydroxyl groups excluding tert-OH is 1. The lowest BCUT2D eigenvalue weighted by molar-refractivity contribution is 0.108. The van der Waals surface area contributed by atoms with Gasteiger partial charge in [-0.15, -0.1) is 0 Å². The Morgan fingerprint density at radius 1 is 1.05 bits per heavy atom. The molecule has 0 saturated carbocycles. The maximum absolute atomic E-state index is 13.8. The van der Waals surface area contributed by atoms with Crippen molar-refractivity contribution in [3.05, 3.63) is 71.5 Å². The number of hydrogen-bond acceptors (Lipinski definition) is 2. The molecule has 0 spiro atoms. The van der Waals surface area contributed by atoms with Crippen molar-refractivity contribution < 1.29 is 9.50 Å². The van der Waals surface area contributed by atoms with Crippen molar-refractivity contribution >= 4 is 0 Å². The van der Waals surface area contributed by atoms with Gasteiger partial charge in [-0.3, -0.25) is 4.90 Å². The van der Waals surface area contributed by atoms with Crippen LogP contribution in [0.2, 0.25) is 0 Å². The van der Waals surface area contributed by atoms with Gasteiger partial charge in [0.15, 0.2) is 0 Å². The van der Waals surface area contributed by atoms with Crippen LogP contribution >= 0.6 is 0 Å². The Morgan fingerprint density at radius 2 is 1.73 bits per heavy atom. The van der Waals surface area contributed by atoms with Crippen molar-refractivity contribution in [2.45, 2.75) is 32.4 Å². The topological polar surface area (TPSA) is 23.5 Å². The van der Waals surface area contributed by atoms with Crippen LogP contribution in [0.15, 0.2) is 54.6 Å². The van der Waals surface area contributed by atoms with Gasteiger partial charge in [0.25, 0.3) is 0 Å². The first kappa shape index (κ1) is 16.7. The molecule has 0 aliphatic carbocycles. The van der Waals surface area contributed by atoms with Gasteiger partial charge in [-0.1, -0.05) is 55.5 Å². The Morgan fingerprint density at radius 3 is 2.41 bits per heavy atom. The average molecular weight is 301 g/mol. The summed E-state index contributed by atoms with van der Waals surface area (Å²) < 4.78 is 13.8. The van der Waals surface area contributed by atoms with E-state index in [-0.39, 0.29) is 5.82 Å². The van der Waals surface area contributed by atoms with Gasteiger partial charge in [0.2, 0.25) is 0 Å². The molecule has 2 nitrogen and oxygen atoms in total. The molecule has 2 aromatic carbocycles. The first-order chi connectivity index (χ1) is 10.7. The second-order valence-electron chi connectivity index (χ2n) is 5.67. The van der Waals surface area contributed by atoms with Gasteiger partial charge in [0.1, 0.15) is 5.82 Å². The fourth-order valence-electron chi connectivity index (χ4n) is 2.67. The van der Waals surface area contributed by atoms with Crippen molar-refractivity contribution in [3.8, 4) is 0 Å². The predicted octanol–water partition coefficient (Wildman–Crippen LogP) is 3.64. The molecule has 0 saturated heterocycles. The first-order valence-electron chi connectivity index (χ1n) is 7.86. The van der Waals surface area contributed by atoms with Gasteiger partial charge in [0.05, 0.1) is 6.10 Å². The Labute approximate surface area is 132 Å². The van der Waals surface area contributed by atoms with Crippen LogP contribution in [0.4, 0.5) is 4.39 Å². The van der Waals surface area contributed by atoms with Crippen LogP contribution in [0.25, 0.3) is 0 Å². The molecule has 0 bridgehead atoms. The van der Waals surface area contributed by atoms with E-state index in [0.717, 1.165) is 18.5 Å². The van der Waals surface area contributed by atoms with Crippen molar-refractivity contribution in [2.24, 2.45) is 0 Å². The van der Waals surface area contributed by atoms with Crippen LogP contribution < -0.4 is 0 Å². The summed E-state index contributed by atoms with van der Waals surface area (Å²) in [6, 6.07) is 16.8. The number of benzene rings is 2. The van der Waals surface area contributed by atoms with Crippen LogP contribution in [0.1, 0.15) is 24.5 Å². The molecule has 3 heteroatoms. The summed E-state index contributed by atoms with van der Waals surface area (Å²) in [6.07, 6.45) is 1.16. The van der Waals surface area contributed by atoms with Crippen molar-refractivity contribution in [3.63, 3.8) is 0 Å². The summed E-state index contributed by atoms with van der Waals surface area (Å²) in [7, 11) is 0. The quantitative estimate of drug-likeness (QED) is 0.804. The molecule has 118 valence electrons. The number of nitrogens with zero attached hydrogens (tertiary/aromatic N) is 1. The minimum atomic E-state index is -0.444. The van der Waals surface area contributed by atoms with E-state index in [4.69, 9.17) is 0 Å². The summed E-state index contributed by atoms with van der Waals surface area (Å²) in [5.41, 5.74) is 1.81. The summed E-state index contributed by atoms with van der Waals surface area (Å²) in [4.78, 5) is 2.12. The monoisotopic (exact) mass is 301 g/mol. The Bertz CT molecular complexity index is 558. The molecule has 0 amide bonds. The molecule has 0 fully saturated rings. The number of halogens is 1. The van der Waals surface area contributed by atoms with E-state index in [2.05, 4.69) is 11.8 Å². The number of rotatable bonds is 8. The highest BCUT2D eigenvalue weighted by Gasteiger charge is 2.14. The molecule has 22 heavy (non-hydrogen) atoms. The molecule has 1 unspecified atom stereocenters. The Balaban J connectivity index is 1.95. The fourth-order valence-corrected chi connectivity index (χ4v) is 2.67. The second kappa shape index (κ2) is 8.66. The third-order valence-corrected chi connectivity index (χ3v) is 3.67. The standard InChI is InChI=1S/C19H24FNO/c1-2-12-21(14-17-10-6-7-11-19(17)20)15-18(22)13-16-8-4-3-5-9-16/h3-11,18,22H,2,12-15H2,1H3. The zero-order valence-electron chi connectivity index (χ0n) is 13.1. The lowest BCUT2D eigenvalue weighted by Gasteiger charge is -2.25. The van der Waals surface area contributed by atoms with Crippen molar-refractivity contribution in [2.75, 3.05) is 13.1 Å². The molecule has 0 aromatic heterocycles. The third-order valence-electron chi connectivity index (χ3n) is 3.67. The largest absolute Gasteiger partial charge is 0.391 e. The lowest BCUT2D eigenvalue weighted by atomic mass is 10.1. The molecule has 0 heterocycles. The minimum Gasteiger partial charge on any atom is -0.391 e. The molecular formula is C19H24FNO. The van der Waals surface area contributed by atoms with E-state index in [1.165, 1.54) is 6.07 Å². The van der Waals surface area contributed by atoms with E-state index in [9.17, 15) is 9.50 Å². The maximum atomic E-state index is 13.8. The van der Waals surface area contributed by atoms with Crippen LogP contribution in [-0.2, 0) is 13.0 Å². The fraction of sp³-hybridized carbons (Fsp3) is 0.368. The number of hydrogen-bond donors (Lipinski definition) is 1. The molecule has 0 aliphatic rings. The van der Waals surface area contributed by atoms with Gasteiger partial charge < -0.3 is 5.11 Å². The zero-order chi connectivity index (χ0) is 15.8. The van der Waals surface area contributed by atoms with E-state index < -0.39 is 6.10 Å². The van der Waals surface area contributed by atoms with Gasteiger partial charge in [-0.25, -0.2) is 4.39 Å². The lowest BCUT2D eigenvalue weighted by Crippen LogP contribution is -2.34. The van der Waals surface area contributed by atoms with Gasteiger partial charge in [-0.05, 0) is 31.0 Å². The summed E-state index contributed by atoms with van der Waals surface area (Å²) in [5, 5.41) is 10.3. The molecule has 0 radical (unpaired) electrons. The normalized spacial score (nSPS) is 12.5. The summed E-state index contributed by atoms with van der Waals surface area (Å²) >= 11 is 0. The third kappa shape index (κ3) is 5.24. The van der Waals surface area contributed by atoms with Crippen molar-refractivity contribution in [1.29, 1.82) is 0 Å². The summed E-state index contributed by atoms with van der Waals surface area (Å²) in [6.45, 7) is 4.03. The molecule has 1 atom stereocenters. The predicted molar refractivity (Wildman–Crippen MR) is 88.1 cm³/mol. The highest BCUT2D eigenvalue weighted by atomic mass is 19.1. The van der Waals surface area contributed by atoms with Gasteiger partial charge in [-0.2, -0.15) is 0 Å². The van der Waals surface area contributed by atoms with Crippen molar-refractivity contribution in [1.82, 2.24) is 4.90 Å². The molecular weight excluding hydrogens is 277 g/mol. The van der Waals surface area contributed by atoms with E-state index in [1.54, 1.807) is 6.07 Å². The maximum Gasteiger partial charge on any atom is 0.127 e. The number of aliphatic hydroxyl groups is 1. The SMILES string of the molecule is CCCN(Cc1ccccc1F)CC(O)Cc1ccccc1. The van der Waals surface area contributed by atoms with Crippen LogP contribution in [0.3, 0.4) is 0 Å². The van der Waals surface area contributed by atoms with Gasteiger partial charge in [0, 0.05) is 18.7 Å². The van der Waals surface area contributed by atoms with E-state index >= 15 is 0 Å². The molecule has 1 N–H and O–H groups in total. The molecule has 0 aliphatic heterocycles. The van der Waals surface area contributed by atoms with E-state index in [0.29, 0.717) is 25.1 Å². The van der Waals surface area contributed by atoms with E-state index in [1.807, 2.05) is 42.5 Å². The highest BCUT2D eigenvalue weighted by Crippen LogP contribution is 2.12. The van der Waals surface area contributed by atoms with Gasteiger partial charge >= 0.3 is 0 Å². The first-order valence-corrected chi connectivity index (χ1v) is 7.86. The second-order valence-corrected chi connectivity index (χ2v) is 5.67. The summed E-state index contributed by atoms with van der Waals surface area (Å²) in [5.74, 6) is -0.179. The Kier molecular flexibility index (Phi) is 6.56. The smallest absolute Gasteiger partial charge is 0.127 e. The zero-order valence-corrected chi connectivity index (χ0v) is 13.1. The molecule has 2 aromatic rings. The van der Waals surface area contributed by atoms with Crippen LogP contribution in [-0.4, -0.2) is 29.2 Å². The minimum absolute atomic E-state index is 0.179. The van der Waals surface area contributed by atoms with Crippen LogP contribution in [0, 0.1) is 5.82 Å².